The van der Waals surface area contributed by atoms with Crippen molar-refractivity contribution in [2.45, 2.75) is 33.7 Å². The quantitative estimate of drug-likeness (QED) is 0.756. The molecular formula is C15H22BrN3O2. The van der Waals surface area contributed by atoms with Gasteiger partial charge in [-0.3, -0.25) is 9.59 Å². The van der Waals surface area contributed by atoms with Gasteiger partial charge in [-0.2, -0.15) is 0 Å². The van der Waals surface area contributed by atoms with Crippen LogP contribution in [0.3, 0.4) is 0 Å². The summed E-state index contributed by atoms with van der Waals surface area (Å²) >= 11 is 3.41. The van der Waals surface area contributed by atoms with E-state index in [1.165, 1.54) is 0 Å². The Labute approximate surface area is 133 Å². The summed E-state index contributed by atoms with van der Waals surface area (Å²) in [6.07, 6.45) is 0. The highest BCUT2D eigenvalue weighted by atomic mass is 79.9. The minimum Gasteiger partial charge on any atom is -0.346 e. The van der Waals surface area contributed by atoms with Crippen molar-refractivity contribution in [1.29, 1.82) is 0 Å². The third-order valence-corrected chi connectivity index (χ3v) is 3.66. The van der Waals surface area contributed by atoms with Crippen LogP contribution < -0.4 is 16.4 Å². The Morgan fingerprint density at radius 2 is 1.76 bits per heavy atom. The van der Waals surface area contributed by atoms with E-state index < -0.39 is 6.04 Å². The molecule has 1 atom stereocenters. The topological polar surface area (TPSA) is 84.2 Å². The van der Waals surface area contributed by atoms with Crippen LogP contribution in [0, 0.1) is 19.8 Å². The number of hydrogen-bond donors (Lipinski definition) is 3. The first kappa shape index (κ1) is 17.7. The Morgan fingerprint density at radius 3 is 2.24 bits per heavy atom. The first-order valence-electron chi connectivity index (χ1n) is 6.82. The number of aryl methyl sites for hydroxylation is 2. The van der Waals surface area contributed by atoms with Gasteiger partial charge in [0.1, 0.15) is 0 Å². The van der Waals surface area contributed by atoms with Gasteiger partial charge in [-0.25, -0.2) is 0 Å². The van der Waals surface area contributed by atoms with E-state index in [0.29, 0.717) is 0 Å². The van der Waals surface area contributed by atoms with Crippen molar-refractivity contribution in [3.05, 3.63) is 27.7 Å². The van der Waals surface area contributed by atoms with Gasteiger partial charge in [-0.15, -0.1) is 0 Å². The molecule has 0 radical (unpaired) electrons. The predicted octanol–water partition coefficient (Wildman–Crippen LogP) is 2.10. The molecule has 0 bridgehead atoms. The first-order chi connectivity index (χ1) is 9.72. The van der Waals surface area contributed by atoms with Gasteiger partial charge in [0.05, 0.1) is 12.6 Å². The second-order valence-corrected chi connectivity index (χ2v) is 6.37. The van der Waals surface area contributed by atoms with Crippen LogP contribution in [0.1, 0.15) is 25.0 Å². The van der Waals surface area contributed by atoms with Crippen LogP contribution in [0.4, 0.5) is 5.69 Å². The fourth-order valence-corrected chi connectivity index (χ4v) is 2.57. The number of carbonyl (C=O) groups excluding carboxylic acids is 2. The Bertz CT molecular complexity index is 521. The van der Waals surface area contributed by atoms with Crippen molar-refractivity contribution >= 4 is 33.4 Å². The predicted molar refractivity (Wildman–Crippen MR) is 88.1 cm³/mol. The Hall–Kier alpha value is -1.40. The van der Waals surface area contributed by atoms with Crippen molar-refractivity contribution in [3.8, 4) is 0 Å². The van der Waals surface area contributed by atoms with Crippen LogP contribution in [0.5, 0.6) is 0 Å². The summed E-state index contributed by atoms with van der Waals surface area (Å²) in [5, 5.41) is 5.36. The van der Waals surface area contributed by atoms with Crippen molar-refractivity contribution in [2.24, 2.45) is 11.7 Å². The maximum atomic E-state index is 11.9. The molecule has 0 fully saturated rings. The number of benzene rings is 1. The lowest BCUT2D eigenvalue weighted by molar-refractivity contribution is -0.125. The SMILES string of the molecule is Cc1cc(Br)cc(C)c1NC(=O)CNC(=O)[C@@H](N)C(C)C. The van der Waals surface area contributed by atoms with Gasteiger partial charge in [-0.1, -0.05) is 29.8 Å². The van der Waals surface area contributed by atoms with Crippen LogP contribution in [0.2, 0.25) is 0 Å². The maximum absolute atomic E-state index is 11.9. The highest BCUT2D eigenvalue weighted by Gasteiger charge is 2.18. The van der Waals surface area contributed by atoms with Gasteiger partial charge in [0.15, 0.2) is 0 Å². The lowest BCUT2D eigenvalue weighted by atomic mass is 10.1. The molecule has 1 rings (SSSR count). The fourth-order valence-electron chi connectivity index (χ4n) is 1.88. The van der Waals surface area contributed by atoms with Crippen LogP contribution >= 0.6 is 15.9 Å². The molecule has 1 aromatic carbocycles. The maximum Gasteiger partial charge on any atom is 0.243 e. The molecule has 0 aliphatic rings. The van der Waals surface area contributed by atoms with Crippen molar-refractivity contribution in [1.82, 2.24) is 5.32 Å². The van der Waals surface area contributed by atoms with E-state index in [0.717, 1.165) is 21.3 Å². The zero-order valence-electron chi connectivity index (χ0n) is 12.8. The number of amides is 2. The third kappa shape index (κ3) is 5.13. The molecular weight excluding hydrogens is 334 g/mol. The molecule has 0 aliphatic heterocycles. The van der Waals surface area contributed by atoms with Gasteiger partial charge in [0.25, 0.3) is 0 Å². The molecule has 2 amide bonds. The molecule has 116 valence electrons. The molecule has 0 saturated heterocycles. The standard InChI is InChI=1S/C15H22BrN3O2/c1-8(2)13(17)15(21)18-7-12(20)19-14-9(3)5-11(16)6-10(14)4/h5-6,8,13H,7,17H2,1-4H3,(H,18,21)(H,19,20)/t13-/m0/s1. The molecule has 0 saturated carbocycles. The van der Waals surface area contributed by atoms with Gasteiger partial charge in [0, 0.05) is 10.2 Å². The molecule has 0 unspecified atom stereocenters. The summed E-state index contributed by atoms with van der Waals surface area (Å²) in [6.45, 7) is 7.47. The Kier molecular flexibility index (Phi) is 6.36. The normalized spacial score (nSPS) is 12.1. The minimum absolute atomic E-state index is 0.0315. The number of anilines is 1. The van der Waals surface area contributed by atoms with Gasteiger partial charge >= 0.3 is 0 Å². The second-order valence-electron chi connectivity index (χ2n) is 5.45. The Balaban J connectivity index is 2.61. The molecule has 0 aliphatic carbocycles. The minimum atomic E-state index is -0.603. The molecule has 1 aromatic rings. The van der Waals surface area contributed by atoms with Crippen LogP contribution in [-0.4, -0.2) is 24.4 Å². The van der Waals surface area contributed by atoms with Crippen molar-refractivity contribution in [3.63, 3.8) is 0 Å². The summed E-state index contributed by atoms with van der Waals surface area (Å²) in [5.41, 5.74) is 8.40. The van der Waals surface area contributed by atoms with Gasteiger partial charge < -0.3 is 16.4 Å². The third-order valence-electron chi connectivity index (χ3n) is 3.21. The molecule has 5 nitrogen and oxygen atoms in total. The van der Waals surface area contributed by atoms with Crippen molar-refractivity contribution < 1.29 is 9.59 Å². The largest absolute Gasteiger partial charge is 0.346 e. The number of carbonyl (C=O) groups is 2. The molecule has 0 heterocycles. The number of nitrogens with one attached hydrogen (secondary N) is 2. The molecule has 0 spiro atoms. The van der Waals surface area contributed by atoms with E-state index >= 15 is 0 Å². The van der Waals surface area contributed by atoms with E-state index in [4.69, 9.17) is 5.73 Å². The summed E-state index contributed by atoms with van der Waals surface area (Å²) in [7, 11) is 0. The lowest BCUT2D eigenvalue weighted by Crippen LogP contribution is -2.46. The zero-order chi connectivity index (χ0) is 16.2. The number of hydrogen-bond acceptors (Lipinski definition) is 3. The number of rotatable bonds is 5. The van der Waals surface area contributed by atoms with E-state index in [1.807, 2.05) is 39.8 Å². The summed E-state index contributed by atoms with van der Waals surface area (Å²) in [4.78, 5) is 23.6. The number of nitrogens with two attached hydrogens (primary N) is 1. The summed E-state index contributed by atoms with van der Waals surface area (Å²) in [6, 6.07) is 3.25. The van der Waals surface area contributed by atoms with Crippen LogP contribution in [0.15, 0.2) is 16.6 Å². The second kappa shape index (κ2) is 7.56. The van der Waals surface area contributed by atoms with E-state index in [2.05, 4.69) is 26.6 Å². The monoisotopic (exact) mass is 355 g/mol. The van der Waals surface area contributed by atoms with E-state index in [9.17, 15) is 9.59 Å². The Morgan fingerprint density at radius 1 is 1.24 bits per heavy atom. The highest BCUT2D eigenvalue weighted by molar-refractivity contribution is 9.10. The smallest absolute Gasteiger partial charge is 0.243 e. The molecule has 6 heteroatoms. The summed E-state index contributed by atoms with van der Waals surface area (Å²) in [5.74, 6) is -0.554. The highest BCUT2D eigenvalue weighted by Crippen LogP contribution is 2.24. The van der Waals surface area contributed by atoms with Gasteiger partial charge in [-0.05, 0) is 43.0 Å². The fraction of sp³-hybridized carbons (Fsp3) is 0.467. The number of halogens is 1. The first-order valence-corrected chi connectivity index (χ1v) is 7.61. The van der Waals surface area contributed by atoms with E-state index in [-0.39, 0.29) is 24.3 Å². The van der Waals surface area contributed by atoms with Crippen molar-refractivity contribution in [2.75, 3.05) is 11.9 Å². The molecule has 4 N–H and O–H groups in total. The average molecular weight is 356 g/mol. The van der Waals surface area contributed by atoms with Crippen LogP contribution in [-0.2, 0) is 9.59 Å². The zero-order valence-corrected chi connectivity index (χ0v) is 14.4. The van der Waals surface area contributed by atoms with Gasteiger partial charge in [0.2, 0.25) is 11.8 Å². The van der Waals surface area contributed by atoms with Crippen LogP contribution in [0.25, 0.3) is 0 Å². The molecule has 0 aromatic heterocycles. The lowest BCUT2D eigenvalue weighted by Gasteiger charge is -2.16. The van der Waals surface area contributed by atoms with E-state index in [1.54, 1.807) is 0 Å². The average Bonchev–Trinajstić information content (AvgIpc) is 2.39. The molecule has 21 heavy (non-hydrogen) atoms. The summed E-state index contributed by atoms with van der Waals surface area (Å²) < 4.78 is 0.965.